The number of hydrogen-bond donors (Lipinski definition) is 1. The molecule has 1 aliphatic rings. The first kappa shape index (κ1) is 15.4. The summed E-state index contributed by atoms with van der Waals surface area (Å²) in [6, 6.07) is 4.26. The van der Waals surface area contributed by atoms with E-state index in [0.717, 1.165) is 23.3 Å². The zero-order chi connectivity index (χ0) is 15.5. The fourth-order valence-corrected chi connectivity index (χ4v) is 4.14. The van der Waals surface area contributed by atoms with E-state index in [4.69, 9.17) is 0 Å². The molecule has 1 amide bonds. The molecule has 0 bridgehead atoms. The normalized spacial score (nSPS) is 16.6. The van der Waals surface area contributed by atoms with E-state index >= 15 is 0 Å². The van der Waals surface area contributed by atoms with Crippen molar-refractivity contribution < 1.29 is 4.79 Å². The van der Waals surface area contributed by atoms with Crippen molar-refractivity contribution in [3.05, 3.63) is 23.3 Å². The number of thiazole rings is 1. The molecule has 1 N–H and O–H groups in total. The average molecular weight is 317 g/mol. The van der Waals surface area contributed by atoms with Crippen LogP contribution in [0.5, 0.6) is 0 Å². The maximum absolute atomic E-state index is 12.2. The van der Waals surface area contributed by atoms with Gasteiger partial charge in [-0.3, -0.25) is 9.69 Å². The van der Waals surface area contributed by atoms with Crippen molar-refractivity contribution in [1.29, 1.82) is 0 Å². The molecule has 1 aromatic carbocycles. The van der Waals surface area contributed by atoms with E-state index in [-0.39, 0.29) is 5.91 Å². The van der Waals surface area contributed by atoms with Gasteiger partial charge in [-0.05, 0) is 57.0 Å². The fourth-order valence-electron chi connectivity index (χ4n) is 3.08. The van der Waals surface area contributed by atoms with Gasteiger partial charge in [0.15, 0.2) is 5.13 Å². The topological polar surface area (TPSA) is 45.2 Å². The number of rotatable bonds is 3. The van der Waals surface area contributed by atoms with Crippen LogP contribution in [0.1, 0.15) is 36.8 Å². The van der Waals surface area contributed by atoms with Gasteiger partial charge in [0.05, 0.1) is 16.8 Å². The number of aromatic nitrogens is 1. The summed E-state index contributed by atoms with van der Waals surface area (Å²) in [6.45, 7) is 6.70. The van der Waals surface area contributed by atoms with Gasteiger partial charge in [0.1, 0.15) is 0 Å². The van der Waals surface area contributed by atoms with E-state index in [2.05, 4.69) is 41.2 Å². The quantitative estimate of drug-likeness (QED) is 0.938. The van der Waals surface area contributed by atoms with Crippen molar-refractivity contribution in [2.45, 2.75) is 39.5 Å². The van der Waals surface area contributed by atoms with Crippen molar-refractivity contribution in [3.8, 4) is 0 Å². The molecule has 1 aromatic heterocycles. The maximum atomic E-state index is 12.2. The van der Waals surface area contributed by atoms with Crippen molar-refractivity contribution in [2.24, 2.45) is 0 Å². The largest absolute Gasteiger partial charge is 0.301 e. The summed E-state index contributed by atoms with van der Waals surface area (Å²) in [6.07, 6.45) is 4.98. The molecule has 22 heavy (non-hydrogen) atoms. The van der Waals surface area contributed by atoms with Crippen LogP contribution in [0.25, 0.3) is 10.2 Å². The number of likely N-dealkylation sites (tertiary alicyclic amines) is 1. The number of nitrogens with one attached hydrogen (secondary N) is 1. The SMILES string of the molecule is Cc1cc(C)c2nc(NC(=O)CN3CCCCCC3)sc2c1. The van der Waals surface area contributed by atoms with Crippen LogP contribution in [-0.4, -0.2) is 35.4 Å². The predicted octanol–water partition coefficient (Wildman–Crippen LogP) is 3.73. The Labute approximate surface area is 135 Å². The highest BCUT2D eigenvalue weighted by molar-refractivity contribution is 7.22. The Hall–Kier alpha value is -1.46. The van der Waals surface area contributed by atoms with Crippen molar-refractivity contribution in [3.63, 3.8) is 0 Å². The van der Waals surface area contributed by atoms with Crippen LogP contribution >= 0.6 is 11.3 Å². The second-order valence-electron chi connectivity index (χ2n) is 6.19. The van der Waals surface area contributed by atoms with Gasteiger partial charge in [-0.1, -0.05) is 30.2 Å². The third kappa shape index (κ3) is 3.65. The summed E-state index contributed by atoms with van der Waals surface area (Å²) in [5.74, 6) is 0.0512. The molecule has 4 nitrogen and oxygen atoms in total. The molecule has 2 aromatic rings. The standard InChI is InChI=1S/C17H23N3OS/c1-12-9-13(2)16-14(10-12)22-17(19-16)18-15(21)11-20-7-5-3-4-6-8-20/h9-10H,3-8,11H2,1-2H3,(H,18,19,21). The number of aryl methyl sites for hydroxylation is 2. The maximum Gasteiger partial charge on any atom is 0.240 e. The zero-order valence-corrected chi connectivity index (χ0v) is 14.1. The number of anilines is 1. The minimum Gasteiger partial charge on any atom is -0.301 e. The number of hydrogen-bond acceptors (Lipinski definition) is 4. The van der Waals surface area contributed by atoms with Gasteiger partial charge in [-0.25, -0.2) is 4.98 Å². The lowest BCUT2D eigenvalue weighted by atomic mass is 10.1. The van der Waals surface area contributed by atoms with E-state index in [1.54, 1.807) is 11.3 Å². The second-order valence-corrected chi connectivity index (χ2v) is 7.22. The third-order valence-corrected chi connectivity index (χ3v) is 5.06. The number of nitrogens with zero attached hydrogens (tertiary/aromatic N) is 2. The Morgan fingerprint density at radius 1 is 1.23 bits per heavy atom. The van der Waals surface area contributed by atoms with Crippen LogP contribution in [0.4, 0.5) is 5.13 Å². The summed E-state index contributed by atoms with van der Waals surface area (Å²) in [4.78, 5) is 19.1. The van der Waals surface area contributed by atoms with Gasteiger partial charge >= 0.3 is 0 Å². The van der Waals surface area contributed by atoms with E-state index in [0.29, 0.717) is 11.7 Å². The van der Waals surface area contributed by atoms with Crippen LogP contribution in [-0.2, 0) is 4.79 Å². The summed E-state index contributed by atoms with van der Waals surface area (Å²) in [7, 11) is 0. The lowest BCUT2D eigenvalue weighted by Gasteiger charge is -2.18. The molecule has 0 spiro atoms. The van der Waals surface area contributed by atoms with Crippen LogP contribution < -0.4 is 5.32 Å². The highest BCUT2D eigenvalue weighted by atomic mass is 32.1. The molecular weight excluding hydrogens is 294 g/mol. The fraction of sp³-hybridized carbons (Fsp3) is 0.529. The van der Waals surface area contributed by atoms with E-state index in [9.17, 15) is 4.79 Å². The van der Waals surface area contributed by atoms with Crippen molar-refractivity contribution in [2.75, 3.05) is 25.0 Å². The van der Waals surface area contributed by atoms with Crippen LogP contribution in [0.3, 0.4) is 0 Å². The highest BCUT2D eigenvalue weighted by Crippen LogP contribution is 2.29. The molecule has 2 heterocycles. The number of fused-ring (bicyclic) bond motifs is 1. The summed E-state index contributed by atoms with van der Waals surface area (Å²) >= 11 is 1.56. The molecular formula is C17H23N3OS. The zero-order valence-electron chi connectivity index (χ0n) is 13.3. The summed E-state index contributed by atoms with van der Waals surface area (Å²) < 4.78 is 1.14. The average Bonchev–Trinajstić information content (AvgIpc) is 2.67. The summed E-state index contributed by atoms with van der Waals surface area (Å²) in [5, 5.41) is 3.68. The van der Waals surface area contributed by atoms with Gasteiger partial charge in [0.2, 0.25) is 5.91 Å². The second kappa shape index (κ2) is 6.75. The van der Waals surface area contributed by atoms with Crippen LogP contribution in [0, 0.1) is 13.8 Å². The Morgan fingerprint density at radius 2 is 1.95 bits per heavy atom. The molecule has 0 saturated carbocycles. The first-order valence-corrected chi connectivity index (χ1v) is 8.83. The number of carbonyl (C=O) groups excluding carboxylic acids is 1. The van der Waals surface area contributed by atoms with E-state index < -0.39 is 0 Å². The van der Waals surface area contributed by atoms with Gasteiger partial charge in [0.25, 0.3) is 0 Å². The Morgan fingerprint density at radius 3 is 2.68 bits per heavy atom. The monoisotopic (exact) mass is 317 g/mol. The molecule has 1 saturated heterocycles. The predicted molar refractivity (Wildman–Crippen MR) is 92.6 cm³/mol. The van der Waals surface area contributed by atoms with Gasteiger partial charge in [-0.2, -0.15) is 0 Å². The molecule has 0 aliphatic carbocycles. The van der Waals surface area contributed by atoms with Gasteiger partial charge < -0.3 is 5.32 Å². The molecule has 0 unspecified atom stereocenters. The van der Waals surface area contributed by atoms with Crippen molar-refractivity contribution >= 4 is 32.6 Å². The minimum atomic E-state index is 0.0512. The molecule has 1 aliphatic heterocycles. The molecule has 3 rings (SSSR count). The lowest BCUT2D eigenvalue weighted by molar-refractivity contribution is -0.117. The van der Waals surface area contributed by atoms with E-state index in [1.165, 1.54) is 36.8 Å². The first-order valence-electron chi connectivity index (χ1n) is 8.02. The third-order valence-electron chi connectivity index (χ3n) is 4.14. The highest BCUT2D eigenvalue weighted by Gasteiger charge is 2.15. The number of amides is 1. The lowest BCUT2D eigenvalue weighted by Crippen LogP contribution is -2.33. The Kier molecular flexibility index (Phi) is 4.74. The number of benzene rings is 1. The molecule has 0 atom stereocenters. The van der Waals surface area contributed by atoms with Crippen molar-refractivity contribution in [1.82, 2.24) is 9.88 Å². The van der Waals surface area contributed by atoms with Crippen LogP contribution in [0.15, 0.2) is 12.1 Å². The Bertz CT molecular complexity index is 672. The molecule has 0 radical (unpaired) electrons. The molecule has 1 fully saturated rings. The minimum absolute atomic E-state index is 0.0512. The first-order chi connectivity index (χ1) is 10.6. The Balaban J connectivity index is 1.67. The summed E-state index contributed by atoms with van der Waals surface area (Å²) in [5.41, 5.74) is 3.40. The van der Waals surface area contributed by atoms with Gasteiger partial charge in [0, 0.05) is 0 Å². The molecule has 118 valence electrons. The molecule has 5 heteroatoms. The van der Waals surface area contributed by atoms with Crippen LogP contribution in [0.2, 0.25) is 0 Å². The van der Waals surface area contributed by atoms with E-state index in [1.807, 2.05) is 0 Å². The van der Waals surface area contributed by atoms with Gasteiger partial charge in [-0.15, -0.1) is 0 Å². The smallest absolute Gasteiger partial charge is 0.240 e. The number of carbonyl (C=O) groups is 1.